The Labute approximate surface area is 162 Å². The van der Waals surface area contributed by atoms with Gasteiger partial charge in [0, 0.05) is 29.6 Å². The summed E-state index contributed by atoms with van der Waals surface area (Å²) in [6.45, 7) is 1.40. The number of thiophene rings is 1. The summed E-state index contributed by atoms with van der Waals surface area (Å²) in [4.78, 5) is 28.2. The summed E-state index contributed by atoms with van der Waals surface area (Å²) in [5, 5.41) is 7.20. The molecule has 4 rings (SSSR count). The van der Waals surface area contributed by atoms with Crippen molar-refractivity contribution in [2.75, 3.05) is 13.1 Å². The fourth-order valence-corrected chi connectivity index (χ4v) is 4.33. The summed E-state index contributed by atoms with van der Waals surface area (Å²) in [6, 6.07) is 17.8. The van der Waals surface area contributed by atoms with Crippen molar-refractivity contribution in [1.29, 1.82) is 0 Å². The molecule has 4 nitrogen and oxygen atoms in total. The number of carbonyl (C=O) groups is 2. The number of likely N-dealkylation sites (tertiary alicyclic amines) is 1. The summed E-state index contributed by atoms with van der Waals surface area (Å²) in [5.41, 5.74) is 0.712. The second-order valence-electron chi connectivity index (χ2n) is 6.91. The van der Waals surface area contributed by atoms with Gasteiger partial charge < -0.3 is 10.2 Å². The van der Waals surface area contributed by atoms with Crippen molar-refractivity contribution in [3.05, 3.63) is 70.4 Å². The highest BCUT2D eigenvalue weighted by Crippen LogP contribution is 2.20. The topological polar surface area (TPSA) is 49.4 Å². The number of fused-ring (bicyclic) bond motifs is 1. The van der Waals surface area contributed by atoms with Crippen LogP contribution in [0.3, 0.4) is 0 Å². The van der Waals surface area contributed by atoms with Gasteiger partial charge in [0.25, 0.3) is 5.91 Å². The van der Waals surface area contributed by atoms with Gasteiger partial charge in [-0.2, -0.15) is 0 Å². The average Bonchev–Trinajstić information content (AvgIpc) is 3.21. The van der Waals surface area contributed by atoms with Crippen LogP contribution in [-0.4, -0.2) is 35.8 Å². The van der Waals surface area contributed by atoms with Crippen LogP contribution in [0.5, 0.6) is 0 Å². The molecule has 3 aromatic rings. The summed E-state index contributed by atoms with van der Waals surface area (Å²) < 4.78 is 0. The maximum atomic E-state index is 12.8. The third-order valence-electron chi connectivity index (χ3n) is 5.12. The molecule has 2 heterocycles. The maximum Gasteiger partial charge on any atom is 0.252 e. The van der Waals surface area contributed by atoms with Gasteiger partial charge in [0.2, 0.25) is 5.91 Å². The van der Waals surface area contributed by atoms with E-state index in [-0.39, 0.29) is 17.9 Å². The fourth-order valence-electron chi connectivity index (χ4n) is 3.63. The van der Waals surface area contributed by atoms with Gasteiger partial charge in [-0.1, -0.05) is 42.5 Å². The van der Waals surface area contributed by atoms with E-state index in [1.54, 1.807) is 11.3 Å². The smallest absolute Gasteiger partial charge is 0.252 e. The Balaban J connectivity index is 1.35. The molecule has 1 aliphatic heterocycles. The molecule has 2 aromatic carbocycles. The molecule has 27 heavy (non-hydrogen) atoms. The Hall–Kier alpha value is -2.66. The summed E-state index contributed by atoms with van der Waals surface area (Å²) in [7, 11) is 0. The zero-order chi connectivity index (χ0) is 18.6. The van der Waals surface area contributed by atoms with Crippen molar-refractivity contribution >= 4 is 33.9 Å². The standard InChI is InChI=1S/C22H22N2O2S/c25-21(15-18-7-4-14-27-18)24-12-10-17(11-13-24)23-22(26)20-9-3-6-16-5-1-2-8-19(16)20/h1-9,14,17H,10-13,15H2,(H,23,26). The second-order valence-corrected chi connectivity index (χ2v) is 7.94. The molecule has 1 saturated heterocycles. The first-order valence-electron chi connectivity index (χ1n) is 9.29. The highest BCUT2D eigenvalue weighted by molar-refractivity contribution is 7.10. The number of nitrogens with one attached hydrogen (secondary N) is 1. The van der Waals surface area contributed by atoms with Crippen molar-refractivity contribution in [1.82, 2.24) is 10.2 Å². The Morgan fingerprint density at radius 1 is 1.00 bits per heavy atom. The largest absolute Gasteiger partial charge is 0.349 e. The Bertz CT molecular complexity index is 939. The number of piperidine rings is 1. The minimum absolute atomic E-state index is 0.0323. The van der Waals surface area contributed by atoms with Crippen LogP contribution in [0.1, 0.15) is 28.1 Å². The SMILES string of the molecule is O=C(NC1CCN(C(=O)Cc2cccs2)CC1)c1cccc2ccccc12. The molecule has 0 unspecified atom stereocenters. The lowest BCUT2D eigenvalue weighted by molar-refractivity contribution is -0.131. The molecule has 138 valence electrons. The molecular formula is C22H22N2O2S. The summed E-state index contributed by atoms with van der Waals surface area (Å²) >= 11 is 1.62. The monoisotopic (exact) mass is 378 g/mol. The first-order chi connectivity index (χ1) is 13.2. The normalized spacial score (nSPS) is 15.0. The molecule has 5 heteroatoms. The van der Waals surface area contributed by atoms with Gasteiger partial charge in [-0.25, -0.2) is 0 Å². The lowest BCUT2D eigenvalue weighted by atomic mass is 10.0. The predicted molar refractivity (Wildman–Crippen MR) is 109 cm³/mol. The number of amides is 2. The second kappa shape index (κ2) is 7.92. The van der Waals surface area contributed by atoms with E-state index in [2.05, 4.69) is 5.32 Å². The number of nitrogens with zero attached hydrogens (tertiary/aromatic N) is 1. The molecule has 0 radical (unpaired) electrons. The van der Waals surface area contributed by atoms with Crippen LogP contribution in [0.15, 0.2) is 60.0 Å². The molecular weight excluding hydrogens is 356 g/mol. The number of hydrogen-bond donors (Lipinski definition) is 1. The van der Waals surface area contributed by atoms with Crippen LogP contribution < -0.4 is 5.32 Å². The van der Waals surface area contributed by atoms with Crippen molar-refractivity contribution in [3.63, 3.8) is 0 Å². The first-order valence-corrected chi connectivity index (χ1v) is 10.2. The molecule has 1 fully saturated rings. The van der Waals surface area contributed by atoms with Gasteiger partial charge in [0.15, 0.2) is 0 Å². The fraction of sp³-hybridized carbons (Fsp3) is 0.273. The van der Waals surface area contributed by atoms with Gasteiger partial charge in [-0.15, -0.1) is 11.3 Å². The van der Waals surface area contributed by atoms with Crippen LogP contribution in [0.25, 0.3) is 10.8 Å². The van der Waals surface area contributed by atoms with E-state index < -0.39 is 0 Å². The zero-order valence-corrected chi connectivity index (χ0v) is 15.9. The third kappa shape index (κ3) is 4.03. The molecule has 0 aliphatic carbocycles. The number of benzene rings is 2. The van der Waals surface area contributed by atoms with Crippen LogP contribution in [0.2, 0.25) is 0 Å². The molecule has 0 atom stereocenters. The van der Waals surface area contributed by atoms with E-state index in [1.807, 2.05) is 64.9 Å². The zero-order valence-electron chi connectivity index (χ0n) is 15.1. The predicted octanol–water partition coefficient (Wildman–Crippen LogP) is 3.86. The molecule has 2 amide bonds. The number of hydrogen-bond acceptors (Lipinski definition) is 3. The Kier molecular flexibility index (Phi) is 5.21. The van der Waals surface area contributed by atoms with Crippen LogP contribution in [0.4, 0.5) is 0 Å². The minimum Gasteiger partial charge on any atom is -0.349 e. The van der Waals surface area contributed by atoms with Crippen LogP contribution in [-0.2, 0) is 11.2 Å². The van der Waals surface area contributed by atoms with Crippen molar-refractivity contribution in [2.45, 2.75) is 25.3 Å². The van der Waals surface area contributed by atoms with Gasteiger partial charge >= 0.3 is 0 Å². The lowest BCUT2D eigenvalue weighted by Crippen LogP contribution is -2.46. The van der Waals surface area contributed by atoms with Crippen LogP contribution >= 0.6 is 11.3 Å². The first kappa shape index (κ1) is 17.7. The Morgan fingerprint density at radius 2 is 1.78 bits per heavy atom. The molecule has 1 aliphatic rings. The summed E-state index contributed by atoms with van der Waals surface area (Å²) in [5.74, 6) is 0.145. The van der Waals surface area contributed by atoms with E-state index in [1.165, 1.54) is 0 Å². The number of rotatable bonds is 4. The molecule has 0 bridgehead atoms. The highest BCUT2D eigenvalue weighted by atomic mass is 32.1. The van der Waals surface area contributed by atoms with Gasteiger partial charge in [-0.3, -0.25) is 9.59 Å². The van der Waals surface area contributed by atoms with Crippen molar-refractivity contribution < 1.29 is 9.59 Å². The quantitative estimate of drug-likeness (QED) is 0.749. The van der Waals surface area contributed by atoms with Crippen molar-refractivity contribution in [3.8, 4) is 0 Å². The van der Waals surface area contributed by atoms with E-state index in [0.717, 1.165) is 28.5 Å². The lowest BCUT2D eigenvalue weighted by Gasteiger charge is -2.32. The summed E-state index contributed by atoms with van der Waals surface area (Å²) in [6.07, 6.45) is 2.07. The van der Waals surface area contributed by atoms with E-state index in [4.69, 9.17) is 0 Å². The molecule has 0 saturated carbocycles. The van der Waals surface area contributed by atoms with E-state index in [0.29, 0.717) is 25.1 Å². The maximum absolute atomic E-state index is 12.8. The molecule has 1 aromatic heterocycles. The Morgan fingerprint density at radius 3 is 2.56 bits per heavy atom. The third-order valence-corrected chi connectivity index (χ3v) is 6.00. The van der Waals surface area contributed by atoms with Crippen molar-refractivity contribution in [2.24, 2.45) is 0 Å². The number of carbonyl (C=O) groups excluding carboxylic acids is 2. The molecule has 1 N–H and O–H groups in total. The van der Waals surface area contributed by atoms with Gasteiger partial charge in [0.05, 0.1) is 6.42 Å². The van der Waals surface area contributed by atoms with E-state index >= 15 is 0 Å². The van der Waals surface area contributed by atoms with E-state index in [9.17, 15) is 9.59 Å². The van der Waals surface area contributed by atoms with Gasteiger partial charge in [0.1, 0.15) is 0 Å². The minimum atomic E-state index is -0.0323. The molecule has 0 spiro atoms. The van der Waals surface area contributed by atoms with Gasteiger partial charge in [-0.05, 0) is 41.1 Å². The average molecular weight is 378 g/mol. The van der Waals surface area contributed by atoms with Crippen LogP contribution in [0, 0.1) is 0 Å². The highest BCUT2D eigenvalue weighted by Gasteiger charge is 2.24.